The van der Waals surface area contributed by atoms with Crippen molar-refractivity contribution in [3.63, 3.8) is 0 Å². The fourth-order valence-corrected chi connectivity index (χ4v) is 7.19. The number of para-hydroxylation sites is 3. The molecular formula is C46H32N2. The largest absolute Gasteiger partial charge is 0.310 e. The highest BCUT2D eigenvalue weighted by molar-refractivity contribution is 6.11. The monoisotopic (exact) mass is 612 g/mol. The summed E-state index contributed by atoms with van der Waals surface area (Å²) < 4.78 is 2.44. The van der Waals surface area contributed by atoms with Crippen LogP contribution >= 0.6 is 0 Å². The van der Waals surface area contributed by atoms with Crippen LogP contribution in [0.3, 0.4) is 0 Å². The maximum absolute atomic E-state index is 2.44. The van der Waals surface area contributed by atoms with Crippen molar-refractivity contribution in [1.82, 2.24) is 4.57 Å². The smallest absolute Gasteiger partial charge is 0.0547 e. The van der Waals surface area contributed by atoms with Gasteiger partial charge in [-0.25, -0.2) is 0 Å². The molecule has 9 rings (SSSR count). The average molecular weight is 613 g/mol. The summed E-state index contributed by atoms with van der Waals surface area (Å²) in [7, 11) is 0. The molecule has 48 heavy (non-hydrogen) atoms. The van der Waals surface area contributed by atoms with Gasteiger partial charge in [-0.1, -0.05) is 140 Å². The Morgan fingerprint density at radius 2 is 0.854 bits per heavy atom. The third-order valence-corrected chi connectivity index (χ3v) is 9.37. The van der Waals surface area contributed by atoms with Gasteiger partial charge in [-0.3, -0.25) is 0 Å². The molecule has 0 unspecified atom stereocenters. The minimum absolute atomic E-state index is 1.10. The van der Waals surface area contributed by atoms with E-state index in [1.807, 2.05) is 0 Å². The summed E-state index contributed by atoms with van der Waals surface area (Å²) >= 11 is 0. The number of benzene rings is 8. The van der Waals surface area contributed by atoms with Gasteiger partial charge in [-0.15, -0.1) is 0 Å². The zero-order valence-corrected chi connectivity index (χ0v) is 26.4. The molecule has 2 heteroatoms. The summed E-state index contributed by atoms with van der Waals surface area (Å²) in [6, 6.07) is 69.9. The number of nitrogens with zero attached hydrogens (tertiary/aromatic N) is 2. The van der Waals surface area contributed by atoms with Crippen molar-refractivity contribution in [2.75, 3.05) is 4.90 Å². The summed E-state index contributed by atoms with van der Waals surface area (Å²) in [5.41, 5.74) is 11.7. The van der Waals surface area contributed by atoms with Crippen molar-refractivity contribution in [1.29, 1.82) is 0 Å². The lowest BCUT2D eigenvalue weighted by atomic mass is 9.95. The first-order valence-electron chi connectivity index (χ1n) is 16.4. The number of fused-ring (bicyclic) bond motifs is 4. The Morgan fingerprint density at radius 3 is 1.56 bits per heavy atom. The van der Waals surface area contributed by atoms with Gasteiger partial charge in [0.15, 0.2) is 0 Å². The summed E-state index contributed by atoms with van der Waals surface area (Å²) in [5.74, 6) is 0. The van der Waals surface area contributed by atoms with Crippen LogP contribution in [0.15, 0.2) is 194 Å². The van der Waals surface area contributed by atoms with Gasteiger partial charge in [0.25, 0.3) is 0 Å². The predicted molar refractivity (Wildman–Crippen MR) is 204 cm³/mol. The van der Waals surface area contributed by atoms with E-state index in [0.717, 1.165) is 17.1 Å². The average Bonchev–Trinajstić information content (AvgIpc) is 3.50. The molecule has 0 bridgehead atoms. The summed E-state index contributed by atoms with van der Waals surface area (Å²) in [5, 5.41) is 4.97. The Labute approximate surface area is 280 Å². The van der Waals surface area contributed by atoms with Gasteiger partial charge in [0.1, 0.15) is 0 Å². The Bertz CT molecular complexity index is 2490. The van der Waals surface area contributed by atoms with E-state index < -0.39 is 0 Å². The second kappa shape index (κ2) is 11.8. The molecule has 0 amide bonds. The van der Waals surface area contributed by atoms with E-state index in [4.69, 9.17) is 0 Å². The van der Waals surface area contributed by atoms with Crippen LogP contribution in [0.1, 0.15) is 0 Å². The highest BCUT2D eigenvalue weighted by Gasteiger charge is 2.19. The Morgan fingerprint density at radius 1 is 0.333 bits per heavy atom. The summed E-state index contributed by atoms with van der Waals surface area (Å²) in [6.07, 6.45) is 0. The van der Waals surface area contributed by atoms with Crippen LogP contribution in [-0.2, 0) is 0 Å². The molecule has 0 radical (unpaired) electrons. The van der Waals surface area contributed by atoms with Crippen molar-refractivity contribution in [3.05, 3.63) is 194 Å². The minimum Gasteiger partial charge on any atom is -0.310 e. The summed E-state index contributed by atoms with van der Waals surface area (Å²) in [4.78, 5) is 2.35. The van der Waals surface area contributed by atoms with Crippen LogP contribution in [0.4, 0.5) is 17.1 Å². The van der Waals surface area contributed by atoms with Gasteiger partial charge in [0.05, 0.1) is 16.7 Å². The molecule has 0 aliphatic heterocycles. The molecule has 226 valence electrons. The molecule has 0 atom stereocenters. The standard InChI is InChI=1S/C46H32N2/c1-3-14-33(15-4-1)34-26-29-38(30-27-34)47(37-18-5-2-6-19-37)39-20-13-17-36(32-39)46-40-21-8-7-16-35(40)28-31-45(46)48-43-24-11-9-22-41(43)42-23-10-12-25-44(42)48/h1-32H. The van der Waals surface area contributed by atoms with Crippen molar-refractivity contribution in [2.24, 2.45) is 0 Å². The van der Waals surface area contributed by atoms with Crippen molar-refractivity contribution < 1.29 is 0 Å². The van der Waals surface area contributed by atoms with Gasteiger partial charge >= 0.3 is 0 Å². The Balaban J connectivity index is 1.26. The molecular weight excluding hydrogens is 581 g/mol. The lowest BCUT2D eigenvalue weighted by Crippen LogP contribution is -2.10. The van der Waals surface area contributed by atoms with Crippen molar-refractivity contribution >= 4 is 49.6 Å². The molecule has 0 fully saturated rings. The first-order chi connectivity index (χ1) is 23.8. The van der Waals surface area contributed by atoms with E-state index in [2.05, 4.69) is 204 Å². The second-order valence-electron chi connectivity index (χ2n) is 12.2. The van der Waals surface area contributed by atoms with Gasteiger partial charge in [0.2, 0.25) is 0 Å². The lowest BCUT2D eigenvalue weighted by Gasteiger charge is -2.26. The zero-order valence-electron chi connectivity index (χ0n) is 26.4. The van der Waals surface area contributed by atoms with E-state index in [-0.39, 0.29) is 0 Å². The number of hydrogen-bond acceptors (Lipinski definition) is 1. The maximum atomic E-state index is 2.44. The molecule has 9 aromatic rings. The number of hydrogen-bond donors (Lipinski definition) is 0. The van der Waals surface area contributed by atoms with E-state index >= 15 is 0 Å². The van der Waals surface area contributed by atoms with Crippen molar-refractivity contribution in [3.8, 4) is 27.9 Å². The number of rotatable bonds is 6. The normalized spacial score (nSPS) is 11.3. The molecule has 0 aliphatic rings. The molecule has 1 heterocycles. The molecule has 8 aromatic carbocycles. The van der Waals surface area contributed by atoms with Crippen LogP contribution in [-0.4, -0.2) is 4.57 Å². The number of anilines is 3. The Kier molecular flexibility index (Phi) is 6.84. The topological polar surface area (TPSA) is 8.17 Å². The van der Waals surface area contributed by atoms with Crippen LogP contribution in [0.25, 0.3) is 60.5 Å². The van der Waals surface area contributed by atoms with Crippen molar-refractivity contribution in [2.45, 2.75) is 0 Å². The lowest BCUT2D eigenvalue weighted by molar-refractivity contribution is 1.19. The fraction of sp³-hybridized carbons (Fsp3) is 0. The third-order valence-electron chi connectivity index (χ3n) is 9.37. The summed E-state index contributed by atoms with van der Waals surface area (Å²) in [6.45, 7) is 0. The molecule has 0 saturated carbocycles. The van der Waals surface area contributed by atoms with Crippen LogP contribution in [0.5, 0.6) is 0 Å². The fourth-order valence-electron chi connectivity index (χ4n) is 7.19. The van der Waals surface area contributed by atoms with E-state index in [1.54, 1.807) is 0 Å². The molecule has 0 spiro atoms. The van der Waals surface area contributed by atoms with Gasteiger partial charge in [0, 0.05) is 33.4 Å². The van der Waals surface area contributed by atoms with Crippen LogP contribution < -0.4 is 4.90 Å². The van der Waals surface area contributed by atoms with E-state index in [9.17, 15) is 0 Å². The maximum Gasteiger partial charge on any atom is 0.0547 e. The van der Waals surface area contributed by atoms with Crippen LogP contribution in [0, 0.1) is 0 Å². The van der Waals surface area contributed by atoms with Gasteiger partial charge < -0.3 is 9.47 Å². The zero-order chi connectivity index (χ0) is 31.9. The minimum atomic E-state index is 1.10. The SMILES string of the molecule is c1ccc(-c2ccc(N(c3ccccc3)c3cccc(-c4c(-n5c6ccccc6c6ccccc65)ccc5ccccc45)c3)cc2)cc1. The van der Waals surface area contributed by atoms with Gasteiger partial charge in [-0.2, -0.15) is 0 Å². The molecule has 0 aliphatic carbocycles. The Hall–Kier alpha value is -6.38. The van der Waals surface area contributed by atoms with Gasteiger partial charge in [-0.05, 0) is 82.1 Å². The molecule has 0 saturated heterocycles. The second-order valence-corrected chi connectivity index (χ2v) is 12.2. The number of aromatic nitrogens is 1. The first kappa shape index (κ1) is 27.9. The molecule has 0 N–H and O–H groups in total. The third kappa shape index (κ3) is 4.74. The molecule has 2 nitrogen and oxygen atoms in total. The van der Waals surface area contributed by atoms with E-state index in [1.165, 1.54) is 60.5 Å². The van der Waals surface area contributed by atoms with Crippen LogP contribution in [0.2, 0.25) is 0 Å². The first-order valence-corrected chi connectivity index (χ1v) is 16.4. The molecule has 1 aromatic heterocycles. The predicted octanol–water partition coefficient (Wildman–Crippen LogP) is 12.7. The highest BCUT2D eigenvalue weighted by Crippen LogP contribution is 2.42. The highest BCUT2D eigenvalue weighted by atomic mass is 15.1. The van der Waals surface area contributed by atoms with E-state index in [0.29, 0.717) is 0 Å². The quantitative estimate of drug-likeness (QED) is 0.181.